The number of aliphatic hydroxyl groups is 1. The summed E-state index contributed by atoms with van der Waals surface area (Å²) in [4.78, 5) is 57.8. The average Bonchev–Trinajstić information content (AvgIpc) is 3.58. The number of nitrogens with zero attached hydrogens (tertiary/aromatic N) is 2. The third kappa shape index (κ3) is 10.1. The SMILES string of the molecule is COC(=O)CCCCCCCC(=O)N[C@H](C(=O)N1C[C@H](O)C[C@H]1C(=O)NCc1ccc(-c2scnc2C)cc1)C(C)(C)C. The Morgan fingerprint density at radius 1 is 1.07 bits per heavy atom. The lowest BCUT2D eigenvalue weighted by Crippen LogP contribution is -2.57. The maximum atomic E-state index is 13.7. The number of aliphatic hydroxyl groups excluding tert-OH is 1. The third-order valence-electron chi connectivity index (χ3n) is 7.72. The molecule has 1 aromatic heterocycles. The summed E-state index contributed by atoms with van der Waals surface area (Å²) in [6, 6.07) is 6.23. The highest BCUT2D eigenvalue weighted by atomic mass is 32.1. The Labute approximate surface area is 258 Å². The van der Waals surface area contributed by atoms with Crippen molar-refractivity contribution in [1.82, 2.24) is 20.5 Å². The molecule has 236 valence electrons. The van der Waals surface area contributed by atoms with E-state index in [4.69, 9.17) is 0 Å². The fourth-order valence-electron chi connectivity index (χ4n) is 5.20. The largest absolute Gasteiger partial charge is 0.469 e. The highest BCUT2D eigenvalue weighted by Crippen LogP contribution is 2.28. The minimum absolute atomic E-state index is 0.0356. The standard InChI is InChI=1S/C32H46N4O6S/c1-21-28(43-20-34-21)23-15-13-22(14-16-23)18-33-30(40)25-17-24(37)19-36(25)31(41)29(32(2,3)4)35-26(38)11-9-7-6-8-10-12-27(39)42-5/h13-16,20,24-25,29,37H,6-12,17-19H2,1-5H3,(H,33,40)(H,35,38)/t24-,25+,29-/m1/s1. The maximum absolute atomic E-state index is 13.7. The van der Waals surface area contributed by atoms with Crippen LogP contribution in [-0.2, 0) is 30.5 Å². The Morgan fingerprint density at radius 2 is 1.72 bits per heavy atom. The van der Waals surface area contributed by atoms with Crippen LogP contribution in [0.15, 0.2) is 29.8 Å². The summed E-state index contributed by atoms with van der Waals surface area (Å²) in [7, 11) is 1.38. The van der Waals surface area contributed by atoms with Crippen molar-refractivity contribution in [2.45, 2.75) is 104 Å². The van der Waals surface area contributed by atoms with Crippen LogP contribution in [0.4, 0.5) is 0 Å². The summed E-state index contributed by atoms with van der Waals surface area (Å²) in [5.41, 5.74) is 4.17. The first-order valence-electron chi connectivity index (χ1n) is 15.0. The molecule has 3 atom stereocenters. The molecular weight excluding hydrogens is 568 g/mol. The van der Waals surface area contributed by atoms with Crippen LogP contribution in [0.1, 0.15) is 83.4 Å². The number of carbonyl (C=O) groups excluding carboxylic acids is 4. The number of carbonyl (C=O) groups is 4. The first kappa shape index (κ1) is 34.2. The van der Waals surface area contributed by atoms with Gasteiger partial charge in [0.15, 0.2) is 0 Å². The Bertz CT molecular complexity index is 1240. The lowest BCUT2D eigenvalue weighted by atomic mass is 9.85. The van der Waals surface area contributed by atoms with Crippen LogP contribution < -0.4 is 10.6 Å². The fraction of sp³-hybridized carbons (Fsp3) is 0.594. The summed E-state index contributed by atoms with van der Waals surface area (Å²) in [5, 5.41) is 16.2. The summed E-state index contributed by atoms with van der Waals surface area (Å²) in [5.74, 6) is -1.14. The molecule has 43 heavy (non-hydrogen) atoms. The molecule has 3 N–H and O–H groups in total. The molecule has 2 heterocycles. The highest BCUT2D eigenvalue weighted by Gasteiger charge is 2.44. The molecule has 0 radical (unpaired) electrons. The van der Waals surface area contributed by atoms with Crippen molar-refractivity contribution in [2.75, 3.05) is 13.7 Å². The molecule has 11 heteroatoms. The van der Waals surface area contributed by atoms with Gasteiger partial charge >= 0.3 is 5.97 Å². The summed E-state index contributed by atoms with van der Waals surface area (Å²) in [6.07, 6.45) is 4.07. The molecule has 1 aliphatic heterocycles. The average molecular weight is 615 g/mol. The van der Waals surface area contributed by atoms with E-state index in [1.807, 2.05) is 57.5 Å². The van der Waals surface area contributed by atoms with Gasteiger partial charge in [0.05, 0.1) is 29.3 Å². The van der Waals surface area contributed by atoms with Crippen LogP contribution in [0, 0.1) is 12.3 Å². The monoisotopic (exact) mass is 614 g/mol. The number of unbranched alkanes of at least 4 members (excludes halogenated alkanes) is 4. The maximum Gasteiger partial charge on any atom is 0.305 e. The van der Waals surface area contributed by atoms with Gasteiger partial charge in [0.25, 0.3) is 0 Å². The van der Waals surface area contributed by atoms with E-state index < -0.39 is 23.6 Å². The van der Waals surface area contributed by atoms with Gasteiger partial charge in [-0.15, -0.1) is 11.3 Å². The number of aromatic nitrogens is 1. The number of esters is 1. The first-order chi connectivity index (χ1) is 20.4. The molecule has 3 amide bonds. The van der Waals surface area contributed by atoms with Gasteiger partial charge < -0.3 is 25.4 Å². The summed E-state index contributed by atoms with van der Waals surface area (Å²) >= 11 is 1.58. The third-order valence-corrected chi connectivity index (χ3v) is 8.70. The minimum Gasteiger partial charge on any atom is -0.469 e. The van der Waals surface area contributed by atoms with Gasteiger partial charge in [-0.3, -0.25) is 19.2 Å². The molecule has 0 unspecified atom stereocenters. The summed E-state index contributed by atoms with van der Waals surface area (Å²) in [6.45, 7) is 7.91. The van der Waals surface area contributed by atoms with Crippen molar-refractivity contribution in [2.24, 2.45) is 5.41 Å². The van der Waals surface area contributed by atoms with Crippen LogP contribution in [0.25, 0.3) is 10.4 Å². The summed E-state index contributed by atoms with van der Waals surface area (Å²) < 4.78 is 4.64. The number of benzene rings is 1. The van der Waals surface area contributed by atoms with E-state index in [1.54, 1.807) is 11.3 Å². The van der Waals surface area contributed by atoms with Crippen molar-refractivity contribution in [3.63, 3.8) is 0 Å². The zero-order chi connectivity index (χ0) is 31.6. The molecule has 1 saturated heterocycles. The lowest BCUT2D eigenvalue weighted by Gasteiger charge is -2.35. The van der Waals surface area contributed by atoms with E-state index in [2.05, 4.69) is 20.4 Å². The van der Waals surface area contributed by atoms with Gasteiger partial charge in [0, 0.05) is 32.4 Å². The molecule has 0 saturated carbocycles. The smallest absolute Gasteiger partial charge is 0.305 e. The van der Waals surface area contributed by atoms with E-state index in [1.165, 1.54) is 12.0 Å². The number of rotatable bonds is 14. The number of hydrogen-bond acceptors (Lipinski definition) is 8. The van der Waals surface area contributed by atoms with Gasteiger partial charge in [-0.2, -0.15) is 0 Å². The number of thiazole rings is 1. The van der Waals surface area contributed by atoms with Crippen LogP contribution in [0.2, 0.25) is 0 Å². The zero-order valence-electron chi connectivity index (χ0n) is 26.0. The molecule has 0 aliphatic carbocycles. The van der Waals surface area contributed by atoms with E-state index in [9.17, 15) is 24.3 Å². The van der Waals surface area contributed by atoms with Gasteiger partial charge in [0.1, 0.15) is 12.1 Å². The molecule has 10 nitrogen and oxygen atoms in total. The van der Waals surface area contributed by atoms with Crippen molar-refractivity contribution < 1.29 is 29.0 Å². The number of nitrogens with one attached hydrogen (secondary N) is 2. The fourth-order valence-corrected chi connectivity index (χ4v) is 6.01. The normalized spacial score (nSPS) is 17.4. The number of ether oxygens (including phenoxy) is 1. The van der Waals surface area contributed by atoms with E-state index in [0.29, 0.717) is 12.8 Å². The second-order valence-corrected chi connectivity index (χ2v) is 13.1. The van der Waals surface area contributed by atoms with Gasteiger partial charge in [-0.25, -0.2) is 4.98 Å². The molecule has 1 fully saturated rings. The molecular formula is C32H46N4O6S. The second kappa shape index (κ2) is 16.0. The number of likely N-dealkylation sites (tertiary alicyclic amines) is 1. The Kier molecular flexibility index (Phi) is 12.7. The van der Waals surface area contributed by atoms with Gasteiger partial charge in [0.2, 0.25) is 17.7 Å². The lowest BCUT2D eigenvalue weighted by molar-refractivity contribution is -0.144. The van der Waals surface area contributed by atoms with Crippen LogP contribution in [0.3, 0.4) is 0 Å². The van der Waals surface area contributed by atoms with Crippen molar-refractivity contribution in [1.29, 1.82) is 0 Å². The second-order valence-electron chi connectivity index (χ2n) is 12.3. The number of amides is 3. The number of β-amino-alcohol motifs (C(OH)–C–C–N with tert-alkyl or cyclic N) is 1. The Hall–Kier alpha value is -3.31. The number of hydrogen-bond donors (Lipinski definition) is 3. The predicted octanol–water partition coefficient (Wildman–Crippen LogP) is 4.13. The first-order valence-corrected chi connectivity index (χ1v) is 15.9. The van der Waals surface area contributed by atoms with Crippen LogP contribution >= 0.6 is 11.3 Å². The predicted molar refractivity (Wildman–Crippen MR) is 166 cm³/mol. The zero-order valence-corrected chi connectivity index (χ0v) is 26.8. The highest BCUT2D eigenvalue weighted by molar-refractivity contribution is 7.13. The topological polar surface area (TPSA) is 138 Å². The van der Waals surface area contributed by atoms with E-state index in [-0.39, 0.29) is 49.6 Å². The van der Waals surface area contributed by atoms with Crippen molar-refractivity contribution >= 4 is 35.0 Å². The van der Waals surface area contributed by atoms with Gasteiger partial charge in [-0.05, 0) is 36.3 Å². The van der Waals surface area contributed by atoms with Crippen LogP contribution in [0.5, 0.6) is 0 Å². The van der Waals surface area contributed by atoms with Crippen molar-refractivity contribution in [3.8, 4) is 10.4 Å². The Morgan fingerprint density at radius 3 is 2.33 bits per heavy atom. The molecule has 0 spiro atoms. The van der Waals surface area contributed by atoms with Gasteiger partial charge in [-0.1, -0.05) is 64.3 Å². The molecule has 0 bridgehead atoms. The van der Waals surface area contributed by atoms with Crippen LogP contribution in [-0.4, -0.2) is 70.5 Å². The molecule has 2 aromatic rings. The minimum atomic E-state index is -0.844. The van der Waals surface area contributed by atoms with Crippen molar-refractivity contribution in [3.05, 3.63) is 41.0 Å². The number of aryl methyl sites for hydroxylation is 1. The van der Waals surface area contributed by atoms with E-state index in [0.717, 1.165) is 47.4 Å². The quantitative estimate of drug-likeness (QED) is 0.215. The molecule has 1 aliphatic rings. The number of methoxy groups -OCH3 is 1. The molecule has 1 aromatic carbocycles. The van der Waals surface area contributed by atoms with E-state index >= 15 is 0 Å². The molecule has 3 rings (SSSR count). The Balaban J connectivity index is 1.53.